The Balaban J connectivity index is 0.000000967. The molecule has 5 rings (SSSR count). The first-order valence-corrected chi connectivity index (χ1v) is 13.4. The average Bonchev–Trinajstić information content (AvgIpc) is 3.06. The zero-order chi connectivity index (χ0) is 25.5. The number of rotatable bonds is 5. The predicted octanol–water partition coefficient (Wildman–Crippen LogP) is 7.71. The van der Waals surface area contributed by atoms with Crippen LogP contribution < -0.4 is 5.32 Å². The number of halogens is 1. The number of fused-ring (bicyclic) bond motifs is 2. The van der Waals surface area contributed by atoms with Gasteiger partial charge in [-0.3, -0.25) is 0 Å². The van der Waals surface area contributed by atoms with Gasteiger partial charge in [0.1, 0.15) is 0 Å². The quantitative estimate of drug-likeness (QED) is 0.266. The van der Waals surface area contributed by atoms with E-state index in [1.165, 1.54) is 4.90 Å². The summed E-state index contributed by atoms with van der Waals surface area (Å²) in [5.74, 6) is 0. The van der Waals surface area contributed by atoms with E-state index in [9.17, 15) is 0 Å². The van der Waals surface area contributed by atoms with Gasteiger partial charge in [-0.2, -0.15) is 0 Å². The minimum Gasteiger partial charge on any atom is -0.516 e. The maximum absolute atomic E-state index is 7.33. The summed E-state index contributed by atoms with van der Waals surface area (Å²) in [7, 11) is 0. The van der Waals surface area contributed by atoms with Crippen molar-refractivity contribution in [1.29, 1.82) is 0 Å². The highest BCUT2D eigenvalue weighted by Crippen LogP contribution is 2.42. The molecule has 2 N–H and O–H groups in total. The third-order valence-corrected chi connectivity index (χ3v) is 7.83. The molecule has 6 heteroatoms. The van der Waals surface area contributed by atoms with E-state index in [2.05, 4.69) is 72.8 Å². The van der Waals surface area contributed by atoms with Crippen LogP contribution in [0.15, 0.2) is 101 Å². The molecule has 0 unspecified atom stereocenters. The van der Waals surface area contributed by atoms with Crippen molar-refractivity contribution in [2.75, 3.05) is 19.6 Å². The molecule has 4 nitrogen and oxygen atoms in total. The Morgan fingerprint density at radius 3 is 2.50 bits per heavy atom. The van der Waals surface area contributed by atoms with Crippen molar-refractivity contribution in [3.63, 3.8) is 0 Å². The molecule has 0 amide bonds. The summed E-state index contributed by atoms with van der Waals surface area (Å²) in [6.45, 7) is 12.9. The summed E-state index contributed by atoms with van der Waals surface area (Å²) in [4.78, 5) is 10.0. The van der Waals surface area contributed by atoms with Crippen molar-refractivity contribution in [2.45, 2.75) is 35.6 Å². The number of aliphatic hydroxyl groups is 1. The molecule has 3 aromatic rings. The van der Waals surface area contributed by atoms with Crippen LogP contribution in [0, 0.1) is 0 Å². The lowest BCUT2D eigenvalue weighted by Crippen LogP contribution is -2.41. The number of hydrogen-bond donors (Lipinski definition) is 2. The third kappa shape index (κ3) is 6.22. The maximum atomic E-state index is 7.33. The van der Waals surface area contributed by atoms with Crippen LogP contribution >= 0.6 is 23.4 Å². The highest BCUT2D eigenvalue weighted by Gasteiger charge is 2.21. The van der Waals surface area contributed by atoms with Gasteiger partial charge in [-0.1, -0.05) is 79.8 Å². The van der Waals surface area contributed by atoms with E-state index in [-0.39, 0.29) is 0 Å². The largest absolute Gasteiger partial charge is 0.516 e. The van der Waals surface area contributed by atoms with Crippen molar-refractivity contribution in [3.8, 4) is 0 Å². The van der Waals surface area contributed by atoms with Crippen molar-refractivity contribution < 1.29 is 5.11 Å². The lowest BCUT2D eigenvalue weighted by Gasteiger charge is -2.32. The van der Waals surface area contributed by atoms with Crippen LogP contribution in [-0.4, -0.2) is 41.4 Å². The van der Waals surface area contributed by atoms with Gasteiger partial charge < -0.3 is 15.3 Å². The van der Waals surface area contributed by atoms with E-state index in [0.717, 1.165) is 82.4 Å². The van der Waals surface area contributed by atoms with Crippen molar-refractivity contribution >= 4 is 40.5 Å². The summed E-state index contributed by atoms with van der Waals surface area (Å²) in [5.41, 5.74) is 6.21. The summed E-state index contributed by atoms with van der Waals surface area (Å²) < 4.78 is 0. The zero-order valence-corrected chi connectivity index (χ0v) is 22.2. The monoisotopic (exact) mass is 517 g/mol. The Bertz CT molecular complexity index is 1250. The van der Waals surface area contributed by atoms with Gasteiger partial charge in [-0.25, -0.2) is 4.99 Å². The number of nitrogens with zero attached hydrogens (tertiary/aromatic N) is 2. The Hall–Kier alpha value is -2.99. The zero-order valence-electron chi connectivity index (χ0n) is 20.6. The van der Waals surface area contributed by atoms with Gasteiger partial charge in [-0.05, 0) is 55.3 Å². The second-order valence-electron chi connectivity index (χ2n) is 8.76. The lowest BCUT2D eigenvalue weighted by atomic mass is 10.0. The fraction of sp³-hybridized carbons (Fsp3) is 0.233. The molecule has 2 aliphatic rings. The van der Waals surface area contributed by atoms with Gasteiger partial charge in [0.25, 0.3) is 0 Å². The fourth-order valence-corrected chi connectivity index (χ4v) is 5.61. The Labute approximate surface area is 223 Å². The van der Waals surface area contributed by atoms with E-state index in [0.29, 0.717) is 6.04 Å². The van der Waals surface area contributed by atoms with Crippen LogP contribution in [0.4, 0.5) is 5.69 Å². The molecule has 2 heterocycles. The number of nitrogens with one attached hydrogen (secondary N) is 1. The first-order valence-electron chi connectivity index (χ1n) is 12.2. The van der Waals surface area contributed by atoms with E-state index >= 15 is 0 Å². The second-order valence-corrected chi connectivity index (χ2v) is 10.3. The molecule has 2 aliphatic heterocycles. The second kappa shape index (κ2) is 12.3. The summed E-state index contributed by atoms with van der Waals surface area (Å²) >= 11 is 7.92. The Morgan fingerprint density at radius 1 is 1.11 bits per heavy atom. The summed E-state index contributed by atoms with van der Waals surface area (Å²) in [6.07, 6.45) is 3.06. The van der Waals surface area contributed by atoms with E-state index in [1.54, 1.807) is 11.8 Å². The molecule has 1 saturated heterocycles. The van der Waals surface area contributed by atoms with Crippen LogP contribution in [0.2, 0.25) is 5.02 Å². The van der Waals surface area contributed by atoms with Gasteiger partial charge in [0.2, 0.25) is 0 Å². The van der Waals surface area contributed by atoms with Crippen molar-refractivity contribution in [3.05, 3.63) is 108 Å². The molecule has 3 aromatic carbocycles. The highest BCUT2D eigenvalue weighted by atomic mass is 35.5. The molecule has 0 radical (unpaired) electrons. The molecule has 0 atom stereocenters. The number of aliphatic imine (C=N–C) groups is 1. The third-order valence-electron chi connectivity index (χ3n) is 6.43. The van der Waals surface area contributed by atoms with Crippen LogP contribution in [0.1, 0.15) is 36.5 Å². The van der Waals surface area contributed by atoms with Gasteiger partial charge >= 0.3 is 0 Å². The van der Waals surface area contributed by atoms with Crippen LogP contribution in [0.25, 0.3) is 5.70 Å². The highest BCUT2D eigenvalue weighted by molar-refractivity contribution is 7.99. The molecular weight excluding hydrogens is 486 g/mol. The number of hydrogen-bond acceptors (Lipinski definition) is 5. The molecular formula is C30H32ClN3OS. The Kier molecular flexibility index (Phi) is 8.92. The van der Waals surface area contributed by atoms with E-state index in [4.69, 9.17) is 21.7 Å². The standard InChI is InChI=1S/C28H28ClN3S.C2H4O/c1-3-32-16-14-23(15-17-32)30-19(2)21-10-13-27-25(18-21)31-28(20-8-11-22(29)12-9-20)24-6-4-5-7-26(24)33-27;1-2-3/h4-13,18,23,30H,2-3,14-17H2,1H3;2-3H,1H2. The van der Waals surface area contributed by atoms with Crippen LogP contribution in [-0.2, 0) is 0 Å². The van der Waals surface area contributed by atoms with E-state index < -0.39 is 0 Å². The average molecular weight is 518 g/mol. The molecule has 0 bridgehead atoms. The normalized spacial score (nSPS) is 15.3. The lowest BCUT2D eigenvalue weighted by molar-refractivity contribution is 0.215. The number of benzene rings is 3. The SMILES string of the molecule is C=C(NC1CCN(CC)CC1)c1ccc2c(c1)N=C(c1ccc(Cl)cc1)c1ccccc1S2.C=CO. The van der Waals surface area contributed by atoms with Crippen molar-refractivity contribution in [2.24, 2.45) is 4.99 Å². The number of aliphatic hydroxyl groups excluding tert-OH is 1. The molecule has 0 aromatic heterocycles. The predicted molar refractivity (Wildman–Crippen MR) is 154 cm³/mol. The fourth-order valence-electron chi connectivity index (χ4n) is 4.48. The molecule has 0 saturated carbocycles. The first kappa shape index (κ1) is 26.1. The van der Waals surface area contributed by atoms with Crippen LogP contribution in [0.3, 0.4) is 0 Å². The summed E-state index contributed by atoms with van der Waals surface area (Å²) in [6, 6.07) is 23.4. The smallest absolute Gasteiger partial charge is 0.0793 e. The van der Waals surface area contributed by atoms with Gasteiger partial charge in [-0.15, -0.1) is 0 Å². The van der Waals surface area contributed by atoms with Gasteiger partial charge in [0.05, 0.1) is 17.7 Å². The summed E-state index contributed by atoms with van der Waals surface area (Å²) in [5, 5.41) is 11.7. The van der Waals surface area contributed by atoms with Gasteiger partial charge in [0.15, 0.2) is 0 Å². The molecule has 0 spiro atoms. The van der Waals surface area contributed by atoms with E-state index in [1.807, 2.05) is 24.3 Å². The molecule has 1 fully saturated rings. The molecule has 186 valence electrons. The Morgan fingerprint density at radius 2 is 1.81 bits per heavy atom. The molecule has 36 heavy (non-hydrogen) atoms. The molecule has 0 aliphatic carbocycles. The van der Waals surface area contributed by atoms with Crippen LogP contribution in [0.5, 0.6) is 0 Å². The van der Waals surface area contributed by atoms with Crippen molar-refractivity contribution in [1.82, 2.24) is 10.2 Å². The first-order chi connectivity index (χ1) is 17.5. The number of likely N-dealkylation sites (tertiary alicyclic amines) is 1. The number of piperidine rings is 1. The minimum atomic E-state index is 0.478. The van der Waals surface area contributed by atoms with Gasteiger partial charge in [0, 0.05) is 50.8 Å². The topological polar surface area (TPSA) is 47.9 Å². The maximum Gasteiger partial charge on any atom is 0.0793 e. The minimum absolute atomic E-state index is 0.478.